The lowest BCUT2D eigenvalue weighted by Gasteiger charge is -2.39. The van der Waals surface area contributed by atoms with Gasteiger partial charge >= 0.3 is 0 Å². The number of piperidine rings is 4. The first-order valence-corrected chi connectivity index (χ1v) is 20.7. The standard InChI is InChI=1S/C40H48N10O6S/c1-22-17-32(57-47-22)46-38-34(37(41)54)42-19-30(44-38)50-12-2-3-25(21-50)43-39(55)24-10-13-48(14-11-24)20-23-8-15-49(16-9-23)26-4-5-27-29(18-26)36(53)33(35(27)52)28-6-7-31(51)45-40(28)56/h4-5,17-19,23-25,28,33H,2-3,6-16,20-21H2,1H3,(H2,41,54)(H,43,55)(H,44,46)(H,45,51,56)/t25-,28-,33?/m1/s1. The van der Waals surface area contributed by atoms with Crippen LogP contribution < -0.4 is 31.5 Å². The van der Waals surface area contributed by atoms with Crippen LogP contribution in [0.25, 0.3) is 0 Å². The summed E-state index contributed by atoms with van der Waals surface area (Å²) in [5.74, 6) is -2.62. The number of rotatable bonds is 10. The van der Waals surface area contributed by atoms with Crippen molar-refractivity contribution in [3.05, 3.63) is 53.0 Å². The average Bonchev–Trinajstić information content (AvgIpc) is 3.73. The second kappa shape index (κ2) is 16.3. The summed E-state index contributed by atoms with van der Waals surface area (Å²) in [6.45, 7) is 7.65. The molecule has 3 aromatic rings. The first-order chi connectivity index (χ1) is 27.5. The number of likely N-dealkylation sites (tertiary alicyclic amines) is 1. The average molecular weight is 797 g/mol. The number of imide groups is 1. The Labute approximate surface area is 334 Å². The molecule has 4 saturated heterocycles. The number of amides is 4. The second-order valence-corrected chi connectivity index (χ2v) is 16.8. The van der Waals surface area contributed by atoms with Crippen LogP contribution in [0.4, 0.5) is 22.3 Å². The number of anilines is 4. The molecule has 2 aromatic heterocycles. The smallest absolute Gasteiger partial charge is 0.271 e. The van der Waals surface area contributed by atoms with E-state index in [1.54, 1.807) is 18.3 Å². The lowest BCUT2D eigenvalue weighted by Crippen LogP contribution is -2.51. The van der Waals surface area contributed by atoms with Crippen LogP contribution in [0, 0.1) is 30.6 Å². The van der Waals surface area contributed by atoms with E-state index in [0.717, 1.165) is 94.2 Å². The van der Waals surface area contributed by atoms with Crippen LogP contribution in [0.2, 0.25) is 0 Å². The molecule has 1 unspecified atom stereocenters. The van der Waals surface area contributed by atoms with Crippen molar-refractivity contribution in [3.8, 4) is 0 Å². The van der Waals surface area contributed by atoms with Crippen molar-refractivity contribution >= 4 is 69.1 Å². The number of carbonyl (C=O) groups excluding carboxylic acids is 6. The summed E-state index contributed by atoms with van der Waals surface area (Å²) in [7, 11) is 0. The Bertz CT molecular complexity index is 2090. The number of fused-ring (bicyclic) bond motifs is 1. The van der Waals surface area contributed by atoms with Crippen molar-refractivity contribution in [2.75, 3.05) is 60.9 Å². The molecule has 8 rings (SSSR count). The summed E-state index contributed by atoms with van der Waals surface area (Å²) in [6, 6.07) is 7.26. The number of nitrogens with zero attached hydrogens (tertiary/aromatic N) is 6. The molecule has 0 saturated carbocycles. The first kappa shape index (κ1) is 38.6. The van der Waals surface area contributed by atoms with Gasteiger partial charge in [-0.25, -0.2) is 9.97 Å². The molecule has 1 aromatic carbocycles. The van der Waals surface area contributed by atoms with E-state index in [-0.39, 0.29) is 59.7 Å². The first-order valence-electron chi connectivity index (χ1n) is 20.0. The number of nitrogens with two attached hydrogens (primary N) is 1. The van der Waals surface area contributed by atoms with E-state index in [9.17, 15) is 28.8 Å². The predicted octanol–water partition coefficient (Wildman–Crippen LogP) is 2.85. The Morgan fingerprint density at radius 2 is 1.70 bits per heavy atom. The van der Waals surface area contributed by atoms with Gasteiger partial charge in [-0.2, -0.15) is 4.37 Å². The summed E-state index contributed by atoms with van der Waals surface area (Å²) < 4.78 is 4.27. The monoisotopic (exact) mass is 796 g/mol. The largest absolute Gasteiger partial charge is 0.371 e. The Morgan fingerprint density at radius 3 is 2.42 bits per heavy atom. The maximum atomic E-state index is 13.5. The second-order valence-electron chi connectivity index (χ2n) is 16.0. The maximum Gasteiger partial charge on any atom is 0.271 e. The van der Waals surface area contributed by atoms with Gasteiger partial charge in [-0.05, 0) is 107 Å². The minimum absolute atomic E-state index is 0.0244. The van der Waals surface area contributed by atoms with Gasteiger partial charge < -0.3 is 31.1 Å². The fraction of sp³-hybridized carbons (Fsp3) is 0.525. The van der Waals surface area contributed by atoms with E-state index in [0.29, 0.717) is 29.4 Å². The van der Waals surface area contributed by atoms with Crippen molar-refractivity contribution in [2.24, 2.45) is 29.4 Å². The normalized spacial score (nSPS) is 23.7. The molecular formula is C40H48N10O6S. The highest BCUT2D eigenvalue weighted by Gasteiger charge is 2.47. The third-order valence-electron chi connectivity index (χ3n) is 12.2. The van der Waals surface area contributed by atoms with Gasteiger partial charge in [-0.1, -0.05) is 0 Å². The number of hydrogen-bond donors (Lipinski definition) is 4. The summed E-state index contributed by atoms with van der Waals surface area (Å²) in [6.07, 6.45) is 7.28. The number of primary amides is 1. The lowest BCUT2D eigenvalue weighted by atomic mass is 9.82. The van der Waals surface area contributed by atoms with Crippen LogP contribution in [0.5, 0.6) is 0 Å². The number of ketones is 2. The van der Waals surface area contributed by atoms with Gasteiger partial charge in [0.15, 0.2) is 23.1 Å². The van der Waals surface area contributed by atoms with E-state index >= 15 is 0 Å². The van der Waals surface area contributed by atoms with Gasteiger partial charge in [-0.3, -0.25) is 34.1 Å². The van der Waals surface area contributed by atoms with Gasteiger partial charge in [0.1, 0.15) is 10.8 Å². The number of hydrogen-bond acceptors (Lipinski definition) is 14. The van der Waals surface area contributed by atoms with Crippen molar-refractivity contribution in [1.82, 2.24) is 29.9 Å². The van der Waals surface area contributed by atoms with Crippen LogP contribution >= 0.6 is 11.5 Å². The zero-order valence-electron chi connectivity index (χ0n) is 32.0. The number of carbonyl (C=O) groups is 6. The van der Waals surface area contributed by atoms with E-state index < -0.39 is 23.7 Å². The fourth-order valence-electron chi connectivity index (χ4n) is 9.07. The molecule has 3 atom stereocenters. The van der Waals surface area contributed by atoms with Gasteiger partial charge in [0, 0.05) is 67.9 Å². The van der Waals surface area contributed by atoms with E-state index in [1.807, 2.05) is 19.1 Å². The molecule has 300 valence electrons. The highest BCUT2D eigenvalue weighted by molar-refractivity contribution is 7.10. The molecule has 0 bridgehead atoms. The molecule has 6 heterocycles. The number of benzene rings is 1. The minimum Gasteiger partial charge on any atom is -0.371 e. The Balaban J connectivity index is 0.789. The Morgan fingerprint density at radius 1 is 0.930 bits per heavy atom. The third kappa shape index (κ3) is 8.26. The Kier molecular flexibility index (Phi) is 11.0. The number of aryl methyl sites for hydroxylation is 1. The molecule has 1 aliphatic carbocycles. The van der Waals surface area contributed by atoms with E-state index in [2.05, 4.69) is 40.0 Å². The molecule has 5 N–H and O–H groups in total. The lowest BCUT2D eigenvalue weighted by molar-refractivity contribution is -0.137. The van der Waals surface area contributed by atoms with Crippen LogP contribution in [0.15, 0.2) is 30.5 Å². The summed E-state index contributed by atoms with van der Waals surface area (Å²) in [5, 5.41) is 9.47. The molecule has 4 aliphatic heterocycles. The third-order valence-corrected chi connectivity index (χ3v) is 13.0. The van der Waals surface area contributed by atoms with Crippen LogP contribution in [-0.4, -0.2) is 106 Å². The quantitative estimate of drug-likeness (QED) is 0.172. The number of Topliss-reactive ketones (excluding diaryl/α,β-unsaturated/α-hetero) is 2. The van der Waals surface area contributed by atoms with Gasteiger partial charge in [0.25, 0.3) is 5.91 Å². The highest BCUT2D eigenvalue weighted by atomic mass is 32.1. The molecule has 0 radical (unpaired) electrons. The number of aromatic nitrogens is 3. The molecule has 4 amide bonds. The molecule has 17 heteroatoms. The Hall–Kier alpha value is -5.29. The molecular weight excluding hydrogens is 749 g/mol. The van der Waals surface area contributed by atoms with Crippen LogP contribution in [0.3, 0.4) is 0 Å². The molecule has 5 aliphatic rings. The fourth-order valence-corrected chi connectivity index (χ4v) is 9.73. The molecule has 16 nitrogen and oxygen atoms in total. The van der Waals surface area contributed by atoms with Crippen molar-refractivity contribution in [2.45, 2.75) is 64.3 Å². The van der Waals surface area contributed by atoms with Gasteiger partial charge in [0.2, 0.25) is 17.7 Å². The summed E-state index contributed by atoms with van der Waals surface area (Å²) >= 11 is 1.26. The van der Waals surface area contributed by atoms with Crippen molar-refractivity contribution < 1.29 is 28.8 Å². The SMILES string of the molecule is Cc1cc(Nc2nc(N3CCC[C@@H](NC(=O)C4CCN(CC5CCN(c6ccc7c(c6)C(=O)C([C@H]6CCC(=O)NC6=O)C7=O)CC5)CC4)C3)cnc2C(N)=O)sn1. The van der Waals surface area contributed by atoms with E-state index in [1.165, 1.54) is 11.5 Å². The zero-order chi connectivity index (χ0) is 39.8. The topological polar surface area (TPSA) is 213 Å². The van der Waals surface area contributed by atoms with Gasteiger partial charge in [0.05, 0.1) is 23.7 Å². The highest BCUT2D eigenvalue weighted by Crippen LogP contribution is 2.38. The van der Waals surface area contributed by atoms with Crippen LogP contribution in [-0.2, 0) is 14.4 Å². The molecule has 4 fully saturated rings. The van der Waals surface area contributed by atoms with Crippen LogP contribution in [0.1, 0.15) is 88.3 Å². The number of nitrogens with one attached hydrogen (secondary N) is 3. The maximum absolute atomic E-state index is 13.5. The van der Waals surface area contributed by atoms with E-state index in [4.69, 9.17) is 10.7 Å². The minimum atomic E-state index is -1.06. The van der Waals surface area contributed by atoms with Gasteiger partial charge in [-0.15, -0.1) is 0 Å². The van der Waals surface area contributed by atoms with Crippen molar-refractivity contribution in [1.29, 1.82) is 0 Å². The molecule has 57 heavy (non-hydrogen) atoms. The summed E-state index contributed by atoms with van der Waals surface area (Å²) in [5.41, 5.74) is 8.13. The zero-order valence-corrected chi connectivity index (χ0v) is 32.8. The molecule has 0 spiro atoms. The van der Waals surface area contributed by atoms with Crippen molar-refractivity contribution in [3.63, 3.8) is 0 Å². The summed E-state index contributed by atoms with van der Waals surface area (Å²) in [4.78, 5) is 92.1. The predicted molar refractivity (Wildman–Crippen MR) is 213 cm³/mol.